The van der Waals surface area contributed by atoms with Crippen LogP contribution in [0.2, 0.25) is 0 Å². The Kier molecular flexibility index (Phi) is 5.63. The van der Waals surface area contributed by atoms with Crippen molar-refractivity contribution in [2.75, 3.05) is 26.2 Å². The lowest BCUT2D eigenvalue weighted by atomic mass is 10.1. The predicted molar refractivity (Wildman–Crippen MR) is 101 cm³/mol. The molecule has 140 valence electrons. The molecule has 2 aromatic rings. The van der Waals surface area contributed by atoms with Gasteiger partial charge in [-0.2, -0.15) is 5.10 Å². The molecule has 2 aliphatic rings. The SMILES string of the molecule is Cc1ccc(-n2nc(C(=O)N3CCCNCC3)c3c2CCC3)c(F)c1.Cl. The number of nitrogens with zero attached hydrogens (tertiary/aromatic N) is 3. The number of carbonyl (C=O) groups excluding carboxylic acids is 1. The molecule has 1 N–H and O–H groups in total. The van der Waals surface area contributed by atoms with E-state index in [9.17, 15) is 9.18 Å². The Balaban J connectivity index is 0.00000196. The average molecular weight is 379 g/mol. The van der Waals surface area contributed by atoms with Gasteiger partial charge in [-0.3, -0.25) is 4.79 Å². The molecule has 1 aliphatic heterocycles. The van der Waals surface area contributed by atoms with Crippen molar-refractivity contribution in [1.29, 1.82) is 0 Å². The molecular weight excluding hydrogens is 355 g/mol. The van der Waals surface area contributed by atoms with Gasteiger partial charge in [0.05, 0.1) is 0 Å². The molecule has 7 heteroatoms. The fourth-order valence-electron chi connectivity index (χ4n) is 3.79. The molecule has 2 heterocycles. The van der Waals surface area contributed by atoms with Crippen molar-refractivity contribution < 1.29 is 9.18 Å². The highest BCUT2D eigenvalue weighted by Gasteiger charge is 2.30. The summed E-state index contributed by atoms with van der Waals surface area (Å²) in [6.07, 6.45) is 3.62. The monoisotopic (exact) mass is 378 g/mol. The smallest absolute Gasteiger partial charge is 0.274 e. The topological polar surface area (TPSA) is 50.2 Å². The van der Waals surface area contributed by atoms with Crippen LogP contribution in [0, 0.1) is 12.7 Å². The summed E-state index contributed by atoms with van der Waals surface area (Å²) in [4.78, 5) is 14.9. The third-order valence-corrected chi connectivity index (χ3v) is 5.09. The van der Waals surface area contributed by atoms with Crippen molar-refractivity contribution in [3.63, 3.8) is 0 Å². The van der Waals surface area contributed by atoms with Gasteiger partial charge in [0.1, 0.15) is 11.5 Å². The van der Waals surface area contributed by atoms with Crippen molar-refractivity contribution in [1.82, 2.24) is 20.0 Å². The van der Waals surface area contributed by atoms with Crippen LogP contribution in [-0.2, 0) is 12.8 Å². The van der Waals surface area contributed by atoms with Crippen molar-refractivity contribution in [2.45, 2.75) is 32.6 Å². The zero-order valence-electron chi connectivity index (χ0n) is 14.9. The summed E-state index contributed by atoms with van der Waals surface area (Å²) in [5, 5.41) is 7.87. The molecule has 1 aromatic carbocycles. The molecule has 1 saturated heterocycles. The fourth-order valence-corrected chi connectivity index (χ4v) is 3.79. The van der Waals surface area contributed by atoms with Crippen LogP contribution in [0.25, 0.3) is 5.69 Å². The number of halogens is 2. The first-order valence-electron chi connectivity index (χ1n) is 9.02. The second kappa shape index (κ2) is 7.76. The lowest BCUT2D eigenvalue weighted by Gasteiger charge is -2.19. The van der Waals surface area contributed by atoms with Gasteiger partial charge in [-0.25, -0.2) is 9.07 Å². The van der Waals surface area contributed by atoms with E-state index in [2.05, 4.69) is 10.4 Å². The maximum Gasteiger partial charge on any atom is 0.274 e. The number of hydrogen-bond acceptors (Lipinski definition) is 3. The Morgan fingerprint density at radius 2 is 2.04 bits per heavy atom. The molecule has 1 aliphatic carbocycles. The summed E-state index contributed by atoms with van der Waals surface area (Å²) < 4.78 is 16.1. The highest BCUT2D eigenvalue weighted by Crippen LogP contribution is 2.29. The highest BCUT2D eigenvalue weighted by molar-refractivity contribution is 5.94. The molecule has 26 heavy (non-hydrogen) atoms. The predicted octanol–water partition coefficient (Wildman–Crippen LogP) is 2.67. The summed E-state index contributed by atoms with van der Waals surface area (Å²) in [7, 11) is 0. The Labute approximate surface area is 159 Å². The number of nitrogens with one attached hydrogen (secondary N) is 1. The number of hydrogen-bond donors (Lipinski definition) is 1. The zero-order chi connectivity index (χ0) is 17.4. The second-order valence-electron chi connectivity index (χ2n) is 6.89. The van der Waals surface area contributed by atoms with E-state index >= 15 is 0 Å². The number of fused-ring (bicyclic) bond motifs is 1. The molecule has 1 amide bonds. The molecule has 0 saturated carbocycles. The molecule has 0 radical (unpaired) electrons. The van der Waals surface area contributed by atoms with Crippen LogP contribution in [0.15, 0.2) is 18.2 Å². The Morgan fingerprint density at radius 1 is 1.19 bits per heavy atom. The van der Waals surface area contributed by atoms with E-state index in [4.69, 9.17) is 0 Å². The fraction of sp³-hybridized carbons (Fsp3) is 0.474. The van der Waals surface area contributed by atoms with Crippen LogP contribution in [0.5, 0.6) is 0 Å². The number of aromatic nitrogens is 2. The molecule has 1 aromatic heterocycles. The number of aryl methyl sites for hydroxylation is 1. The number of benzene rings is 1. The van der Waals surface area contributed by atoms with Crippen LogP contribution in [0.4, 0.5) is 4.39 Å². The van der Waals surface area contributed by atoms with Crippen molar-refractivity contribution in [3.05, 3.63) is 46.5 Å². The lowest BCUT2D eigenvalue weighted by molar-refractivity contribution is 0.0759. The maximum absolute atomic E-state index is 14.5. The van der Waals surface area contributed by atoms with E-state index in [1.165, 1.54) is 6.07 Å². The van der Waals surface area contributed by atoms with Crippen molar-refractivity contribution in [2.24, 2.45) is 0 Å². The van der Waals surface area contributed by atoms with E-state index in [0.29, 0.717) is 17.9 Å². The molecule has 0 bridgehead atoms. The summed E-state index contributed by atoms with van der Waals surface area (Å²) in [6.45, 7) is 5.04. The standard InChI is InChI=1S/C19H23FN4O.ClH/c1-13-6-7-17(15(20)12-13)24-16-5-2-4-14(16)18(22-24)19(25)23-10-3-8-21-9-11-23;/h6-7,12,21H,2-5,8-11H2,1H3;1H. The van der Waals surface area contributed by atoms with Crippen molar-refractivity contribution in [3.8, 4) is 5.69 Å². The summed E-state index contributed by atoms with van der Waals surface area (Å²) >= 11 is 0. The molecule has 5 nitrogen and oxygen atoms in total. The van der Waals surface area contributed by atoms with Crippen LogP contribution in [-0.4, -0.2) is 46.8 Å². The molecule has 0 spiro atoms. The average Bonchev–Trinajstić information content (AvgIpc) is 3.08. The quantitative estimate of drug-likeness (QED) is 0.874. The van der Waals surface area contributed by atoms with Gasteiger partial charge in [0.25, 0.3) is 5.91 Å². The van der Waals surface area contributed by atoms with E-state index in [1.54, 1.807) is 10.7 Å². The largest absolute Gasteiger partial charge is 0.336 e. The molecular formula is C19H24ClFN4O. The Hall–Kier alpha value is -1.92. The lowest BCUT2D eigenvalue weighted by Crippen LogP contribution is -2.35. The van der Waals surface area contributed by atoms with Gasteiger partial charge < -0.3 is 10.2 Å². The van der Waals surface area contributed by atoms with Crippen LogP contribution in [0.3, 0.4) is 0 Å². The van der Waals surface area contributed by atoms with Gasteiger partial charge >= 0.3 is 0 Å². The van der Waals surface area contributed by atoms with Crippen molar-refractivity contribution >= 4 is 18.3 Å². The van der Waals surface area contributed by atoms with Crippen LogP contribution < -0.4 is 5.32 Å². The highest BCUT2D eigenvalue weighted by atomic mass is 35.5. The third kappa shape index (κ3) is 3.35. The first kappa shape index (κ1) is 18.9. The maximum atomic E-state index is 14.5. The minimum Gasteiger partial charge on any atom is -0.336 e. The first-order valence-corrected chi connectivity index (χ1v) is 9.02. The van der Waals surface area contributed by atoms with E-state index in [1.807, 2.05) is 17.9 Å². The second-order valence-corrected chi connectivity index (χ2v) is 6.89. The first-order chi connectivity index (χ1) is 12.1. The Bertz CT molecular complexity index is 812. The van der Waals surface area contributed by atoms with Gasteiger partial charge in [-0.1, -0.05) is 6.07 Å². The number of rotatable bonds is 2. The van der Waals surface area contributed by atoms with Crippen LogP contribution >= 0.6 is 12.4 Å². The van der Waals surface area contributed by atoms with E-state index < -0.39 is 0 Å². The normalized spacial score (nSPS) is 16.8. The number of carbonyl (C=O) groups is 1. The zero-order valence-corrected chi connectivity index (χ0v) is 15.7. The molecule has 1 fully saturated rings. The third-order valence-electron chi connectivity index (χ3n) is 5.09. The minimum atomic E-state index is -0.296. The van der Waals surface area contributed by atoms with E-state index in [-0.39, 0.29) is 24.1 Å². The Morgan fingerprint density at radius 3 is 2.85 bits per heavy atom. The van der Waals surface area contributed by atoms with Gasteiger partial charge in [0.15, 0.2) is 5.69 Å². The molecule has 0 atom stereocenters. The van der Waals surface area contributed by atoms with Crippen LogP contribution in [0.1, 0.15) is 40.2 Å². The van der Waals surface area contributed by atoms with Gasteiger partial charge in [0.2, 0.25) is 0 Å². The van der Waals surface area contributed by atoms with E-state index in [0.717, 1.165) is 62.1 Å². The molecule has 4 rings (SSSR count). The minimum absolute atomic E-state index is 0. The van der Waals surface area contributed by atoms with Gasteiger partial charge in [0, 0.05) is 30.9 Å². The van der Waals surface area contributed by atoms with Gasteiger partial charge in [-0.05, 0) is 56.8 Å². The molecule has 0 unspecified atom stereocenters. The van der Waals surface area contributed by atoms with Gasteiger partial charge in [-0.15, -0.1) is 12.4 Å². The summed E-state index contributed by atoms with van der Waals surface area (Å²) in [5.41, 5.74) is 3.80. The summed E-state index contributed by atoms with van der Waals surface area (Å²) in [6, 6.07) is 5.14. The summed E-state index contributed by atoms with van der Waals surface area (Å²) in [5.74, 6) is -0.316. The number of amides is 1.